The fourth-order valence-electron chi connectivity index (χ4n) is 2.06. The van der Waals surface area contributed by atoms with Crippen LogP contribution in [0.2, 0.25) is 0 Å². The van der Waals surface area contributed by atoms with Crippen molar-refractivity contribution in [3.8, 4) is 11.8 Å². The van der Waals surface area contributed by atoms with E-state index in [1.807, 2.05) is 34.6 Å². The smallest absolute Gasteiger partial charge is 0.0230 e. The monoisotopic (exact) mass is 489 g/mol. The third-order valence-corrected chi connectivity index (χ3v) is 4.01. The van der Waals surface area contributed by atoms with E-state index in [2.05, 4.69) is 153 Å². The second-order valence-electron chi connectivity index (χ2n) is 13.1. The zero-order valence-corrected chi connectivity index (χ0v) is 28.4. The Morgan fingerprint density at radius 3 is 1.00 bits per heavy atom. The third kappa shape index (κ3) is 43.1. The van der Waals surface area contributed by atoms with Crippen LogP contribution in [0.25, 0.3) is 0 Å². The zero-order chi connectivity index (χ0) is 29.7. The lowest BCUT2D eigenvalue weighted by Gasteiger charge is -2.20. The molecule has 0 spiro atoms. The van der Waals surface area contributed by atoms with Gasteiger partial charge >= 0.3 is 0 Å². The van der Waals surface area contributed by atoms with E-state index in [9.17, 15) is 0 Å². The maximum atomic E-state index is 3.03. The summed E-state index contributed by atoms with van der Waals surface area (Å²) >= 11 is 0. The third-order valence-electron chi connectivity index (χ3n) is 4.01. The Labute approximate surface area is 225 Å². The van der Waals surface area contributed by atoms with Crippen LogP contribution in [0.15, 0.2) is 41.5 Å². The van der Waals surface area contributed by atoms with Gasteiger partial charge < -0.3 is 0 Å². The molecule has 0 N–H and O–H groups in total. The van der Waals surface area contributed by atoms with E-state index in [-0.39, 0.29) is 5.41 Å². The minimum Gasteiger partial charge on any atom is -0.106 e. The van der Waals surface area contributed by atoms with Crippen LogP contribution >= 0.6 is 0 Å². The fourth-order valence-corrected chi connectivity index (χ4v) is 2.06. The van der Waals surface area contributed by atoms with Gasteiger partial charge in [0.25, 0.3) is 0 Å². The predicted molar refractivity (Wildman–Crippen MR) is 169 cm³/mol. The first-order valence-electron chi connectivity index (χ1n) is 13.7. The van der Waals surface area contributed by atoms with E-state index in [4.69, 9.17) is 0 Å². The van der Waals surface area contributed by atoms with Crippen LogP contribution in [0, 0.1) is 28.1 Å². The van der Waals surface area contributed by atoms with Gasteiger partial charge in [0.15, 0.2) is 0 Å². The highest BCUT2D eigenvalue weighted by Crippen LogP contribution is 2.26. The zero-order valence-electron chi connectivity index (χ0n) is 28.4. The van der Waals surface area contributed by atoms with Crippen molar-refractivity contribution in [2.75, 3.05) is 0 Å². The highest BCUT2D eigenvalue weighted by Gasteiger charge is 2.12. The fraction of sp³-hybridized carbons (Fsp3) is 0.714. The van der Waals surface area contributed by atoms with Crippen molar-refractivity contribution >= 4 is 0 Å². The normalized spacial score (nSPS) is 10.2. The summed E-state index contributed by atoms with van der Waals surface area (Å²) in [6.07, 6.45) is 0. The molecule has 0 amide bonds. The van der Waals surface area contributed by atoms with Crippen molar-refractivity contribution in [2.45, 2.75) is 151 Å². The van der Waals surface area contributed by atoms with Crippen molar-refractivity contribution in [3.63, 3.8) is 0 Å². The lowest BCUT2D eigenvalue weighted by atomic mass is 9.85. The van der Waals surface area contributed by atoms with E-state index in [0.29, 0.717) is 16.2 Å². The Kier molecular flexibility index (Phi) is 27.1. The second kappa shape index (κ2) is 21.8. The molecule has 0 fully saturated rings. The average Bonchev–Trinajstić information content (AvgIpc) is 2.68. The van der Waals surface area contributed by atoms with E-state index >= 15 is 0 Å². The van der Waals surface area contributed by atoms with E-state index in [1.54, 1.807) is 0 Å². The standard InChI is InChI=1S/C10H14.C9H18.C7H12.C5H12.2C2H6/c1-10(2,3)9-7-5-4-6-8-9;1-7(2)8(3)9(4,5)6;1-5-6-7(2,3)4;1-5(2,3)4;2*1-2/h4-8H,1-3H3;1-6H3;1-4H3;1-4H3;2*1-2H3. The lowest BCUT2D eigenvalue weighted by molar-refractivity contribution is 0.469. The largest absolute Gasteiger partial charge is 0.106 e. The molecule has 1 aromatic carbocycles. The van der Waals surface area contributed by atoms with Crippen LogP contribution in [0.1, 0.15) is 151 Å². The van der Waals surface area contributed by atoms with E-state index in [0.717, 1.165) is 0 Å². The molecule has 0 aromatic heterocycles. The summed E-state index contributed by atoms with van der Waals surface area (Å²) in [7, 11) is 0. The van der Waals surface area contributed by atoms with Gasteiger partial charge in [-0.25, -0.2) is 0 Å². The van der Waals surface area contributed by atoms with Crippen molar-refractivity contribution < 1.29 is 0 Å². The maximum absolute atomic E-state index is 3.03. The van der Waals surface area contributed by atoms with Gasteiger partial charge in [-0.3, -0.25) is 0 Å². The van der Waals surface area contributed by atoms with Gasteiger partial charge in [-0.2, -0.15) is 0 Å². The van der Waals surface area contributed by atoms with Crippen LogP contribution < -0.4 is 0 Å². The number of benzene rings is 1. The number of rotatable bonds is 0. The van der Waals surface area contributed by atoms with Crippen molar-refractivity contribution in [1.29, 1.82) is 0 Å². The number of hydrogen-bond acceptors (Lipinski definition) is 0. The van der Waals surface area contributed by atoms with Gasteiger partial charge in [0, 0.05) is 5.41 Å². The first-order chi connectivity index (χ1) is 15.5. The number of hydrogen-bond donors (Lipinski definition) is 0. The summed E-state index contributed by atoms with van der Waals surface area (Å²) in [4.78, 5) is 0. The molecule has 1 aromatic rings. The van der Waals surface area contributed by atoms with Crippen LogP contribution in [0.3, 0.4) is 0 Å². The SMILES string of the molecule is CC.CC.CC#CC(C)(C)C.CC(C)(C)C.CC(C)(C)c1ccccc1.CC(C)=C(C)C(C)(C)C. The molecular formula is C35H68. The number of allylic oxidation sites excluding steroid dienone is 2. The molecule has 0 radical (unpaired) electrons. The van der Waals surface area contributed by atoms with Gasteiger partial charge in [0.05, 0.1) is 0 Å². The lowest BCUT2D eigenvalue weighted by Crippen LogP contribution is -2.10. The summed E-state index contributed by atoms with van der Waals surface area (Å²) in [6.45, 7) is 44.9. The Hall–Kier alpha value is -1.48. The molecule has 0 aliphatic carbocycles. The van der Waals surface area contributed by atoms with E-state index in [1.165, 1.54) is 16.7 Å². The molecule has 0 heteroatoms. The molecule has 0 saturated heterocycles. The van der Waals surface area contributed by atoms with Gasteiger partial charge in [-0.15, -0.1) is 5.92 Å². The highest BCUT2D eigenvalue weighted by molar-refractivity contribution is 5.22. The van der Waals surface area contributed by atoms with Gasteiger partial charge in [0.1, 0.15) is 0 Å². The molecule has 0 heterocycles. The maximum Gasteiger partial charge on any atom is 0.0230 e. The molecule has 0 unspecified atom stereocenters. The van der Waals surface area contributed by atoms with Crippen molar-refractivity contribution in [1.82, 2.24) is 0 Å². The Morgan fingerprint density at radius 2 is 0.914 bits per heavy atom. The predicted octanol–water partition coefficient (Wildman–Crippen LogP) is 12.5. The Bertz CT molecular complexity index is 651. The molecular weight excluding hydrogens is 420 g/mol. The van der Waals surface area contributed by atoms with Crippen molar-refractivity contribution in [3.05, 3.63) is 47.0 Å². The van der Waals surface area contributed by atoms with Crippen LogP contribution in [-0.4, -0.2) is 0 Å². The summed E-state index contributed by atoms with van der Waals surface area (Å²) < 4.78 is 0. The highest BCUT2D eigenvalue weighted by atomic mass is 14.2. The Balaban J connectivity index is -0.000000112. The minimum atomic E-state index is 0.189. The quantitative estimate of drug-likeness (QED) is 0.251. The summed E-state index contributed by atoms with van der Waals surface area (Å²) in [6, 6.07) is 10.6. The molecule has 208 valence electrons. The summed E-state index contributed by atoms with van der Waals surface area (Å²) in [5.41, 5.74) is 5.69. The molecule has 0 bridgehead atoms. The summed E-state index contributed by atoms with van der Waals surface area (Å²) in [5.74, 6) is 5.89. The molecule has 0 aliphatic rings. The molecule has 35 heavy (non-hydrogen) atoms. The molecule has 0 atom stereocenters. The average molecular weight is 489 g/mol. The first kappa shape index (κ1) is 43.6. The molecule has 0 nitrogen and oxygen atoms in total. The Morgan fingerprint density at radius 1 is 0.600 bits per heavy atom. The van der Waals surface area contributed by atoms with Gasteiger partial charge in [-0.1, -0.05) is 144 Å². The van der Waals surface area contributed by atoms with Crippen molar-refractivity contribution in [2.24, 2.45) is 16.2 Å². The van der Waals surface area contributed by atoms with Gasteiger partial charge in [0.2, 0.25) is 0 Å². The first-order valence-corrected chi connectivity index (χ1v) is 13.7. The second-order valence-corrected chi connectivity index (χ2v) is 13.1. The summed E-state index contributed by atoms with van der Waals surface area (Å²) in [5, 5.41) is 0. The topological polar surface area (TPSA) is 0 Å². The van der Waals surface area contributed by atoms with Crippen LogP contribution in [0.4, 0.5) is 0 Å². The van der Waals surface area contributed by atoms with E-state index < -0.39 is 0 Å². The van der Waals surface area contributed by atoms with Crippen LogP contribution in [-0.2, 0) is 5.41 Å². The van der Waals surface area contributed by atoms with Gasteiger partial charge in [-0.05, 0) is 70.3 Å². The molecule has 0 aliphatic heterocycles. The minimum absolute atomic E-state index is 0.189. The molecule has 0 saturated carbocycles. The molecule has 1 rings (SSSR count). The van der Waals surface area contributed by atoms with Crippen LogP contribution in [0.5, 0.6) is 0 Å².